The van der Waals surface area contributed by atoms with Crippen LogP contribution in [0.2, 0.25) is 0 Å². The summed E-state index contributed by atoms with van der Waals surface area (Å²) < 4.78 is 36.6. The topological polar surface area (TPSA) is 93.7 Å². The Morgan fingerprint density at radius 3 is 2.46 bits per heavy atom. The van der Waals surface area contributed by atoms with E-state index >= 15 is 0 Å². The summed E-state index contributed by atoms with van der Waals surface area (Å²) in [5.41, 5.74) is 0.929. The zero-order valence-electron chi connectivity index (χ0n) is 17.2. The molecular weight excluding hydrogens is 380 g/mol. The van der Waals surface area contributed by atoms with Gasteiger partial charge in [0.15, 0.2) is 6.61 Å². The van der Waals surface area contributed by atoms with Gasteiger partial charge in [0, 0.05) is 24.3 Å². The number of rotatable bonds is 8. The second kappa shape index (κ2) is 9.60. The Morgan fingerprint density at radius 2 is 1.86 bits per heavy atom. The van der Waals surface area contributed by atoms with Gasteiger partial charge in [-0.2, -0.15) is 0 Å². The molecule has 0 radical (unpaired) electrons. The molecule has 1 saturated carbocycles. The number of carbonyl (C=O) groups is 1. The van der Waals surface area contributed by atoms with E-state index in [-0.39, 0.29) is 12.6 Å². The summed E-state index contributed by atoms with van der Waals surface area (Å²) in [4.78, 5) is 11.2. The number of ether oxygens (including phenoxy) is 2. The van der Waals surface area contributed by atoms with E-state index in [2.05, 4.69) is 14.8 Å². The summed E-state index contributed by atoms with van der Waals surface area (Å²) >= 11 is 0. The Bertz CT molecular complexity index is 750. The summed E-state index contributed by atoms with van der Waals surface area (Å²) in [6, 6.07) is 7.49. The first kappa shape index (κ1) is 22.5. The molecule has 2 N–H and O–H groups in total. The average molecular weight is 413 g/mol. The van der Waals surface area contributed by atoms with Crippen LogP contribution in [0.25, 0.3) is 0 Å². The third-order valence-electron chi connectivity index (χ3n) is 4.99. The molecule has 0 saturated heterocycles. The van der Waals surface area contributed by atoms with Gasteiger partial charge in [-0.1, -0.05) is 6.07 Å². The zero-order valence-corrected chi connectivity index (χ0v) is 18.0. The highest BCUT2D eigenvalue weighted by atomic mass is 32.2. The van der Waals surface area contributed by atoms with Crippen molar-refractivity contribution in [3.8, 4) is 5.75 Å². The van der Waals surface area contributed by atoms with Crippen molar-refractivity contribution in [3.05, 3.63) is 24.3 Å². The number of hydrogen-bond donors (Lipinski definition) is 2. The molecule has 0 heterocycles. The number of esters is 1. The molecule has 1 aliphatic rings. The van der Waals surface area contributed by atoms with E-state index in [1.54, 1.807) is 26.8 Å². The fourth-order valence-electron chi connectivity index (χ4n) is 3.04. The van der Waals surface area contributed by atoms with Crippen molar-refractivity contribution in [1.29, 1.82) is 0 Å². The molecule has 1 fully saturated rings. The monoisotopic (exact) mass is 412 g/mol. The van der Waals surface area contributed by atoms with E-state index in [9.17, 15) is 13.2 Å². The van der Waals surface area contributed by atoms with Crippen LogP contribution in [0.3, 0.4) is 0 Å². The first-order chi connectivity index (χ1) is 13.1. The summed E-state index contributed by atoms with van der Waals surface area (Å²) in [5, 5.41) is 3.41. The number of carbonyl (C=O) groups excluding carboxylic acids is 1. The van der Waals surface area contributed by atoms with Crippen molar-refractivity contribution in [2.75, 3.05) is 25.6 Å². The Balaban J connectivity index is 1.77. The number of anilines is 1. The van der Waals surface area contributed by atoms with Crippen molar-refractivity contribution in [2.24, 2.45) is 5.92 Å². The molecule has 28 heavy (non-hydrogen) atoms. The quantitative estimate of drug-likeness (QED) is 0.638. The summed E-state index contributed by atoms with van der Waals surface area (Å²) in [6.07, 6.45) is 3.65. The maximum absolute atomic E-state index is 12.3. The maximum Gasteiger partial charge on any atom is 0.343 e. The highest BCUT2D eigenvalue weighted by Crippen LogP contribution is 2.27. The van der Waals surface area contributed by atoms with Crippen LogP contribution in [0.4, 0.5) is 5.69 Å². The molecule has 158 valence electrons. The number of sulfonamides is 1. The lowest BCUT2D eigenvalue weighted by atomic mass is 9.86. The lowest BCUT2D eigenvalue weighted by Gasteiger charge is -2.31. The standard InChI is InChI=1S/C20H32N2O5S/c1-20(2,3)28(24,25)22-16-10-8-15(9-11-16)13-21-17-6-5-7-18(12-17)27-14-19(23)26-4/h5-7,12,15-16,21-22H,8-11,13-14H2,1-4H3. The predicted molar refractivity (Wildman–Crippen MR) is 110 cm³/mol. The van der Waals surface area contributed by atoms with Gasteiger partial charge in [-0.05, 0) is 64.5 Å². The summed E-state index contributed by atoms with van der Waals surface area (Å²) in [5.74, 6) is 0.683. The Labute approximate surface area is 168 Å². The Kier molecular flexibility index (Phi) is 7.71. The molecular formula is C20H32N2O5S. The van der Waals surface area contributed by atoms with Crippen LogP contribution in [0, 0.1) is 5.92 Å². The minimum absolute atomic E-state index is 0.0236. The van der Waals surface area contributed by atoms with Crippen molar-refractivity contribution in [1.82, 2.24) is 4.72 Å². The van der Waals surface area contributed by atoms with Gasteiger partial charge >= 0.3 is 5.97 Å². The van der Waals surface area contributed by atoms with Crippen molar-refractivity contribution < 1.29 is 22.7 Å². The van der Waals surface area contributed by atoms with Gasteiger partial charge in [-0.3, -0.25) is 0 Å². The van der Waals surface area contributed by atoms with E-state index in [4.69, 9.17) is 4.74 Å². The number of benzene rings is 1. The summed E-state index contributed by atoms with van der Waals surface area (Å²) in [7, 11) is -1.98. The predicted octanol–water partition coefficient (Wildman–Crippen LogP) is 2.93. The second-order valence-electron chi connectivity index (χ2n) is 8.22. The SMILES string of the molecule is COC(=O)COc1cccc(NCC2CCC(NS(=O)(=O)C(C)(C)C)CC2)c1. The summed E-state index contributed by atoms with van der Waals surface area (Å²) in [6.45, 7) is 5.85. The molecule has 1 aromatic carbocycles. The molecule has 1 aliphatic carbocycles. The van der Waals surface area contributed by atoms with Crippen molar-refractivity contribution in [3.63, 3.8) is 0 Å². The highest BCUT2D eigenvalue weighted by Gasteiger charge is 2.32. The van der Waals surface area contributed by atoms with E-state index in [0.717, 1.165) is 37.9 Å². The second-order valence-corrected chi connectivity index (χ2v) is 10.7. The minimum atomic E-state index is -3.30. The van der Waals surface area contributed by atoms with Crippen LogP contribution < -0.4 is 14.8 Å². The van der Waals surface area contributed by atoms with Crippen molar-refractivity contribution >= 4 is 21.7 Å². The zero-order chi connectivity index (χ0) is 20.8. The van der Waals surface area contributed by atoms with E-state index in [1.165, 1.54) is 7.11 Å². The van der Waals surface area contributed by atoms with Gasteiger partial charge in [-0.25, -0.2) is 17.9 Å². The van der Waals surface area contributed by atoms with Gasteiger partial charge in [0.2, 0.25) is 10.0 Å². The van der Waals surface area contributed by atoms with Gasteiger partial charge < -0.3 is 14.8 Å². The highest BCUT2D eigenvalue weighted by molar-refractivity contribution is 7.90. The molecule has 0 aliphatic heterocycles. The van der Waals surface area contributed by atoms with Gasteiger partial charge in [0.25, 0.3) is 0 Å². The molecule has 0 aromatic heterocycles. The number of hydrogen-bond acceptors (Lipinski definition) is 6. The van der Waals surface area contributed by atoms with Crippen LogP contribution in [0.15, 0.2) is 24.3 Å². The molecule has 0 atom stereocenters. The first-order valence-corrected chi connectivity index (χ1v) is 11.1. The Morgan fingerprint density at radius 1 is 1.18 bits per heavy atom. The first-order valence-electron chi connectivity index (χ1n) is 9.66. The van der Waals surface area contributed by atoms with Gasteiger partial charge in [0.1, 0.15) is 5.75 Å². The van der Waals surface area contributed by atoms with Crippen LogP contribution in [0.1, 0.15) is 46.5 Å². The molecule has 0 bridgehead atoms. The molecule has 2 rings (SSSR count). The fraction of sp³-hybridized carbons (Fsp3) is 0.650. The lowest BCUT2D eigenvalue weighted by Crippen LogP contribution is -2.46. The minimum Gasteiger partial charge on any atom is -0.482 e. The third-order valence-corrected chi connectivity index (χ3v) is 7.24. The van der Waals surface area contributed by atoms with E-state index in [0.29, 0.717) is 11.7 Å². The molecule has 0 unspecified atom stereocenters. The van der Waals surface area contributed by atoms with E-state index in [1.807, 2.05) is 18.2 Å². The fourth-order valence-corrected chi connectivity index (χ4v) is 4.07. The van der Waals surface area contributed by atoms with E-state index < -0.39 is 20.7 Å². The van der Waals surface area contributed by atoms with Gasteiger partial charge in [-0.15, -0.1) is 0 Å². The van der Waals surface area contributed by atoms with Crippen LogP contribution >= 0.6 is 0 Å². The number of methoxy groups -OCH3 is 1. The smallest absolute Gasteiger partial charge is 0.343 e. The number of nitrogens with one attached hydrogen (secondary N) is 2. The molecule has 1 aromatic rings. The molecule has 8 heteroatoms. The van der Waals surface area contributed by atoms with Crippen LogP contribution in [-0.4, -0.2) is 45.4 Å². The molecule has 0 amide bonds. The van der Waals surface area contributed by atoms with Gasteiger partial charge in [0.05, 0.1) is 11.9 Å². The molecule has 7 nitrogen and oxygen atoms in total. The average Bonchev–Trinajstić information content (AvgIpc) is 2.64. The maximum atomic E-state index is 12.3. The van der Waals surface area contributed by atoms with Crippen LogP contribution in [0.5, 0.6) is 5.75 Å². The van der Waals surface area contributed by atoms with Crippen LogP contribution in [-0.2, 0) is 19.6 Å². The normalized spacial score (nSPS) is 20.4. The largest absolute Gasteiger partial charge is 0.482 e. The lowest BCUT2D eigenvalue weighted by molar-refractivity contribution is -0.142. The van der Waals surface area contributed by atoms with Crippen molar-refractivity contribution in [2.45, 2.75) is 57.2 Å². The molecule has 0 spiro atoms. The Hall–Kier alpha value is -1.80. The third kappa shape index (κ3) is 6.67.